The van der Waals surface area contributed by atoms with Gasteiger partial charge in [-0.1, -0.05) is 0 Å². The highest BCUT2D eigenvalue weighted by Gasteiger charge is 2.33. The summed E-state index contributed by atoms with van der Waals surface area (Å²) >= 11 is 0. The number of aliphatic carboxylic acids is 1. The summed E-state index contributed by atoms with van der Waals surface area (Å²) in [6, 6.07) is 1.13. The summed E-state index contributed by atoms with van der Waals surface area (Å²) in [5, 5.41) is 11.9. The number of nitrogens with one attached hydrogen (secondary N) is 1. The molecule has 0 spiro atoms. The van der Waals surface area contributed by atoms with Crippen molar-refractivity contribution in [3.8, 4) is 0 Å². The van der Waals surface area contributed by atoms with E-state index in [1.807, 2.05) is 0 Å². The van der Waals surface area contributed by atoms with Gasteiger partial charge in [-0.25, -0.2) is 4.79 Å². The van der Waals surface area contributed by atoms with Gasteiger partial charge in [-0.3, -0.25) is 0 Å². The first-order chi connectivity index (χ1) is 6.24. The van der Waals surface area contributed by atoms with Crippen LogP contribution in [0.3, 0.4) is 0 Å². The van der Waals surface area contributed by atoms with Gasteiger partial charge in [0.1, 0.15) is 6.61 Å². The van der Waals surface area contributed by atoms with Gasteiger partial charge < -0.3 is 15.2 Å². The van der Waals surface area contributed by atoms with Crippen molar-refractivity contribution in [2.24, 2.45) is 0 Å². The van der Waals surface area contributed by atoms with Crippen LogP contribution in [-0.4, -0.2) is 35.9 Å². The molecular weight excluding hydrogens is 170 g/mol. The minimum Gasteiger partial charge on any atom is -0.480 e. The molecule has 4 heteroatoms. The van der Waals surface area contributed by atoms with Crippen LogP contribution in [0.5, 0.6) is 0 Å². The number of piperidine rings is 1. The highest BCUT2D eigenvalue weighted by Crippen LogP contribution is 2.28. The van der Waals surface area contributed by atoms with Gasteiger partial charge in [0.05, 0.1) is 6.10 Å². The average Bonchev–Trinajstić information content (AvgIpc) is 2.42. The Morgan fingerprint density at radius 2 is 2.00 bits per heavy atom. The molecule has 2 N–H and O–H groups in total. The minimum atomic E-state index is -0.870. The summed E-state index contributed by atoms with van der Waals surface area (Å²) < 4.78 is 5.29. The van der Waals surface area contributed by atoms with Gasteiger partial charge in [0.25, 0.3) is 0 Å². The molecule has 2 rings (SSSR count). The molecule has 0 aromatic heterocycles. The number of carboxylic acid groups (broad SMARTS) is 1. The summed E-state index contributed by atoms with van der Waals surface area (Å²) in [7, 11) is 0. The van der Waals surface area contributed by atoms with Gasteiger partial charge in [-0.2, -0.15) is 0 Å². The van der Waals surface area contributed by atoms with Crippen LogP contribution in [0.1, 0.15) is 25.7 Å². The maximum Gasteiger partial charge on any atom is 0.329 e. The molecule has 2 heterocycles. The van der Waals surface area contributed by atoms with Crippen LogP contribution in [0, 0.1) is 0 Å². The molecule has 0 aliphatic carbocycles. The Balaban J connectivity index is 1.78. The fourth-order valence-electron chi connectivity index (χ4n) is 2.33. The Kier molecular flexibility index (Phi) is 2.51. The van der Waals surface area contributed by atoms with E-state index in [1.165, 1.54) is 12.8 Å². The molecule has 2 bridgehead atoms. The normalized spacial score (nSPS) is 37.7. The van der Waals surface area contributed by atoms with Crippen molar-refractivity contribution in [2.75, 3.05) is 6.61 Å². The predicted molar refractivity (Wildman–Crippen MR) is 46.6 cm³/mol. The quantitative estimate of drug-likeness (QED) is 0.667. The number of hydrogen-bond donors (Lipinski definition) is 2. The molecule has 2 aliphatic heterocycles. The van der Waals surface area contributed by atoms with E-state index in [0.717, 1.165) is 12.8 Å². The van der Waals surface area contributed by atoms with Crippen molar-refractivity contribution in [1.82, 2.24) is 5.32 Å². The first-order valence-corrected chi connectivity index (χ1v) is 4.83. The third-order valence-electron chi connectivity index (χ3n) is 2.87. The lowest BCUT2D eigenvalue weighted by Crippen LogP contribution is -2.41. The number of fused-ring (bicyclic) bond motifs is 2. The first-order valence-electron chi connectivity index (χ1n) is 4.83. The molecule has 2 unspecified atom stereocenters. The van der Waals surface area contributed by atoms with Crippen molar-refractivity contribution >= 4 is 5.97 Å². The molecule has 0 saturated carbocycles. The van der Waals surface area contributed by atoms with Gasteiger partial charge in [0.2, 0.25) is 0 Å². The molecule has 0 radical (unpaired) electrons. The van der Waals surface area contributed by atoms with Crippen LogP contribution < -0.4 is 5.32 Å². The van der Waals surface area contributed by atoms with Crippen LogP contribution >= 0.6 is 0 Å². The summed E-state index contributed by atoms with van der Waals surface area (Å²) in [5.41, 5.74) is 0. The zero-order valence-corrected chi connectivity index (χ0v) is 7.53. The zero-order chi connectivity index (χ0) is 9.26. The molecule has 13 heavy (non-hydrogen) atoms. The zero-order valence-electron chi connectivity index (χ0n) is 7.53. The highest BCUT2D eigenvalue weighted by molar-refractivity contribution is 5.68. The SMILES string of the molecule is O=C(O)COC1CC2CCC(C1)N2. The van der Waals surface area contributed by atoms with E-state index in [4.69, 9.17) is 9.84 Å². The number of carboxylic acids is 1. The Bertz CT molecular complexity index is 195. The Hall–Kier alpha value is -0.610. The number of hydrogen-bond acceptors (Lipinski definition) is 3. The first kappa shape index (κ1) is 8.97. The fourth-order valence-corrected chi connectivity index (χ4v) is 2.33. The van der Waals surface area contributed by atoms with E-state index in [9.17, 15) is 4.79 Å². The lowest BCUT2D eigenvalue weighted by molar-refractivity contribution is -0.145. The summed E-state index contributed by atoms with van der Waals surface area (Å²) in [5.74, 6) is -0.870. The third kappa shape index (κ3) is 2.19. The summed E-state index contributed by atoms with van der Waals surface area (Å²) in [4.78, 5) is 10.3. The maximum atomic E-state index is 10.3. The molecule has 2 saturated heterocycles. The molecule has 2 fully saturated rings. The van der Waals surface area contributed by atoms with Crippen molar-refractivity contribution in [2.45, 2.75) is 43.9 Å². The molecule has 74 valence electrons. The van der Waals surface area contributed by atoms with Crippen LogP contribution in [0.25, 0.3) is 0 Å². The van der Waals surface area contributed by atoms with E-state index in [2.05, 4.69) is 5.32 Å². The van der Waals surface area contributed by atoms with Gasteiger partial charge in [0.15, 0.2) is 0 Å². The van der Waals surface area contributed by atoms with Crippen molar-refractivity contribution in [3.63, 3.8) is 0 Å². The third-order valence-corrected chi connectivity index (χ3v) is 2.87. The summed E-state index contributed by atoms with van der Waals surface area (Å²) in [6.45, 7) is -0.149. The predicted octanol–water partition coefficient (Wildman–Crippen LogP) is 0.371. The van der Waals surface area contributed by atoms with Crippen molar-refractivity contribution in [1.29, 1.82) is 0 Å². The smallest absolute Gasteiger partial charge is 0.329 e. The highest BCUT2D eigenvalue weighted by atomic mass is 16.5. The van der Waals surface area contributed by atoms with E-state index in [1.54, 1.807) is 0 Å². The average molecular weight is 185 g/mol. The van der Waals surface area contributed by atoms with Crippen LogP contribution in [0.2, 0.25) is 0 Å². The van der Waals surface area contributed by atoms with E-state index < -0.39 is 5.97 Å². The number of ether oxygens (including phenoxy) is 1. The Morgan fingerprint density at radius 1 is 1.38 bits per heavy atom. The molecule has 4 nitrogen and oxygen atoms in total. The van der Waals surface area contributed by atoms with Gasteiger partial charge in [0, 0.05) is 12.1 Å². The van der Waals surface area contributed by atoms with E-state index >= 15 is 0 Å². The fraction of sp³-hybridized carbons (Fsp3) is 0.889. The largest absolute Gasteiger partial charge is 0.480 e. The second-order valence-electron chi connectivity index (χ2n) is 3.94. The van der Waals surface area contributed by atoms with Crippen molar-refractivity contribution < 1.29 is 14.6 Å². The lowest BCUT2D eigenvalue weighted by atomic mass is 10.0. The van der Waals surface area contributed by atoms with Gasteiger partial charge in [-0.05, 0) is 25.7 Å². The molecule has 0 amide bonds. The van der Waals surface area contributed by atoms with Crippen LogP contribution in [-0.2, 0) is 9.53 Å². The lowest BCUT2D eigenvalue weighted by Gasteiger charge is -2.28. The molecular formula is C9H15NO3. The Morgan fingerprint density at radius 3 is 2.54 bits per heavy atom. The second kappa shape index (κ2) is 3.64. The minimum absolute atomic E-state index is 0.149. The monoisotopic (exact) mass is 185 g/mol. The molecule has 2 atom stereocenters. The standard InChI is InChI=1S/C9H15NO3/c11-9(12)5-13-8-3-6-1-2-7(4-8)10-6/h6-8,10H,1-5H2,(H,11,12). The van der Waals surface area contributed by atoms with E-state index in [0.29, 0.717) is 12.1 Å². The number of rotatable bonds is 3. The number of carbonyl (C=O) groups is 1. The van der Waals surface area contributed by atoms with E-state index in [-0.39, 0.29) is 12.7 Å². The van der Waals surface area contributed by atoms with Crippen molar-refractivity contribution in [3.05, 3.63) is 0 Å². The topological polar surface area (TPSA) is 58.6 Å². The Labute approximate surface area is 77.3 Å². The summed E-state index contributed by atoms with van der Waals surface area (Å²) in [6.07, 6.45) is 4.55. The van der Waals surface area contributed by atoms with Gasteiger partial charge >= 0.3 is 5.97 Å². The van der Waals surface area contributed by atoms with Crippen LogP contribution in [0.15, 0.2) is 0 Å². The maximum absolute atomic E-state index is 10.3. The molecule has 0 aromatic rings. The molecule has 0 aromatic carbocycles. The van der Waals surface area contributed by atoms with Gasteiger partial charge in [-0.15, -0.1) is 0 Å². The van der Waals surface area contributed by atoms with Crippen LogP contribution in [0.4, 0.5) is 0 Å². The molecule has 2 aliphatic rings. The second-order valence-corrected chi connectivity index (χ2v) is 3.94.